The van der Waals surface area contributed by atoms with E-state index in [-0.39, 0.29) is 23.2 Å². The van der Waals surface area contributed by atoms with E-state index < -0.39 is 12.7 Å². The Hall–Kier alpha value is -3.34. The summed E-state index contributed by atoms with van der Waals surface area (Å²) in [6.07, 6.45) is 2.74. The predicted molar refractivity (Wildman–Crippen MR) is 118 cm³/mol. The van der Waals surface area contributed by atoms with E-state index in [0.717, 1.165) is 48.5 Å². The van der Waals surface area contributed by atoms with Gasteiger partial charge in [-0.25, -0.2) is 15.0 Å². The highest BCUT2D eigenvalue weighted by molar-refractivity contribution is 5.84. The molecule has 2 fully saturated rings. The zero-order valence-electron chi connectivity index (χ0n) is 18.2. The molecule has 5 rings (SSSR count). The van der Waals surface area contributed by atoms with Crippen LogP contribution < -0.4 is 20.3 Å². The molecule has 174 valence electrons. The molecule has 3 aromatic heterocycles. The van der Waals surface area contributed by atoms with Crippen LogP contribution in [0.4, 0.5) is 14.6 Å². The standard InChI is InChI=1S/C22H25F2N7O2/c1-13(15-8-19(32)27-11-15)33-21-20-17(28-12-31(20)22(23)24)9-16(29-21)14-2-3-18(26-10-14)30-6-4-25-5-7-30/h2-3,9-10,12-13,15,22,25H,4-8,11H2,1H3,(H,27,32)/t13-,15-/m1/s1. The number of imidazole rings is 1. The van der Waals surface area contributed by atoms with Crippen LogP contribution in [0.3, 0.4) is 0 Å². The smallest absolute Gasteiger partial charge is 0.320 e. The fraction of sp³-hybridized carbons (Fsp3) is 0.455. The minimum Gasteiger partial charge on any atom is -0.473 e. The monoisotopic (exact) mass is 457 g/mol. The summed E-state index contributed by atoms with van der Waals surface area (Å²) in [5.41, 5.74) is 1.75. The Morgan fingerprint density at radius 2 is 2.03 bits per heavy atom. The lowest BCUT2D eigenvalue weighted by molar-refractivity contribution is -0.119. The van der Waals surface area contributed by atoms with Crippen LogP contribution in [0.15, 0.2) is 30.7 Å². The summed E-state index contributed by atoms with van der Waals surface area (Å²) in [5.74, 6) is 0.835. The average molecular weight is 457 g/mol. The molecule has 2 saturated heterocycles. The number of anilines is 1. The topological polar surface area (TPSA) is 97.2 Å². The lowest BCUT2D eigenvalue weighted by Crippen LogP contribution is -2.43. The number of rotatable bonds is 6. The van der Waals surface area contributed by atoms with Gasteiger partial charge in [0.1, 0.15) is 23.8 Å². The van der Waals surface area contributed by atoms with E-state index in [0.29, 0.717) is 24.2 Å². The van der Waals surface area contributed by atoms with Crippen molar-refractivity contribution in [1.29, 1.82) is 0 Å². The molecule has 2 aliphatic heterocycles. The number of piperazine rings is 1. The summed E-state index contributed by atoms with van der Waals surface area (Å²) in [6, 6.07) is 5.51. The second-order valence-corrected chi connectivity index (χ2v) is 8.34. The van der Waals surface area contributed by atoms with E-state index in [1.165, 1.54) is 0 Å². The van der Waals surface area contributed by atoms with Gasteiger partial charge in [0, 0.05) is 56.8 Å². The Morgan fingerprint density at radius 1 is 1.21 bits per heavy atom. The number of ether oxygens (including phenoxy) is 1. The summed E-state index contributed by atoms with van der Waals surface area (Å²) in [7, 11) is 0. The first-order chi connectivity index (χ1) is 16.0. The molecule has 9 nitrogen and oxygen atoms in total. The first kappa shape index (κ1) is 21.5. The third kappa shape index (κ3) is 4.32. The molecule has 1 amide bonds. The summed E-state index contributed by atoms with van der Waals surface area (Å²) in [5, 5.41) is 6.09. The Morgan fingerprint density at radius 3 is 2.70 bits per heavy atom. The van der Waals surface area contributed by atoms with E-state index in [4.69, 9.17) is 4.74 Å². The second kappa shape index (κ2) is 8.89. The van der Waals surface area contributed by atoms with E-state index in [9.17, 15) is 13.6 Å². The zero-order valence-corrected chi connectivity index (χ0v) is 18.2. The number of nitrogens with one attached hydrogen (secondary N) is 2. The number of pyridine rings is 2. The van der Waals surface area contributed by atoms with Gasteiger partial charge in [0.2, 0.25) is 11.8 Å². The van der Waals surface area contributed by atoms with Crippen LogP contribution in [0.5, 0.6) is 5.88 Å². The van der Waals surface area contributed by atoms with Crippen LogP contribution in [0.25, 0.3) is 22.3 Å². The number of alkyl halides is 2. The van der Waals surface area contributed by atoms with E-state index in [2.05, 4.69) is 30.5 Å². The minimum absolute atomic E-state index is 0.0458. The normalized spacial score (nSPS) is 19.8. The van der Waals surface area contributed by atoms with Crippen molar-refractivity contribution in [3.05, 3.63) is 30.7 Å². The molecule has 0 aliphatic carbocycles. The van der Waals surface area contributed by atoms with E-state index in [1.807, 2.05) is 19.1 Å². The average Bonchev–Trinajstić information content (AvgIpc) is 3.46. The lowest BCUT2D eigenvalue weighted by atomic mass is 10.0. The quantitative estimate of drug-likeness (QED) is 0.586. The number of halogens is 2. The molecule has 0 aromatic carbocycles. The highest BCUT2D eigenvalue weighted by Crippen LogP contribution is 2.33. The molecule has 0 spiro atoms. The lowest BCUT2D eigenvalue weighted by Gasteiger charge is -2.28. The van der Waals surface area contributed by atoms with Gasteiger partial charge >= 0.3 is 6.55 Å². The summed E-state index contributed by atoms with van der Waals surface area (Å²) in [4.78, 5) is 27.1. The molecule has 0 bridgehead atoms. The van der Waals surface area contributed by atoms with Gasteiger partial charge in [-0.1, -0.05) is 0 Å². The minimum atomic E-state index is -2.78. The highest BCUT2D eigenvalue weighted by atomic mass is 19.3. The summed E-state index contributed by atoms with van der Waals surface area (Å²) >= 11 is 0. The molecular weight excluding hydrogens is 432 g/mol. The molecule has 33 heavy (non-hydrogen) atoms. The van der Waals surface area contributed by atoms with Crippen LogP contribution in [0.2, 0.25) is 0 Å². The van der Waals surface area contributed by atoms with Crippen molar-refractivity contribution in [2.75, 3.05) is 37.6 Å². The maximum Gasteiger partial charge on any atom is 0.320 e. The number of fused-ring (bicyclic) bond motifs is 1. The van der Waals surface area contributed by atoms with Gasteiger partial charge in [-0.05, 0) is 25.1 Å². The van der Waals surface area contributed by atoms with Gasteiger partial charge in [0.25, 0.3) is 0 Å². The fourth-order valence-corrected chi connectivity index (χ4v) is 4.25. The number of hydrogen-bond acceptors (Lipinski definition) is 7. The van der Waals surface area contributed by atoms with Crippen molar-refractivity contribution in [1.82, 2.24) is 30.2 Å². The highest BCUT2D eigenvalue weighted by Gasteiger charge is 2.29. The van der Waals surface area contributed by atoms with Gasteiger partial charge in [0.15, 0.2) is 0 Å². The largest absolute Gasteiger partial charge is 0.473 e. The molecule has 5 heterocycles. The van der Waals surface area contributed by atoms with Gasteiger partial charge in [-0.2, -0.15) is 8.78 Å². The van der Waals surface area contributed by atoms with Crippen LogP contribution in [0, 0.1) is 5.92 Å². The Balaban J connectivity index is 1.48. The third-order valence-corrected chi connectivity index (χ3v) is 6.19. The van der Waals surface area contributed by atoms with Gasteiger partial charge in [0.05, 0.1) is 11.2 Å². The second-order valence-electron chi connectivity index (χ2n) is 8.34. The van der Waals surface area contributed by atoms with Crippen molar-refractivity contribution in [3.63, 3.8) is 0 Å². The maximum absolute atomic E-state index is 13.6. The number of aromatic nitrogens is 4. The van der Waals surface area contributed by atoms with E-state index >= 15 is 0 Å². The van der Waals surface area contributed by atoms with Crippen LogP contribution in [0.1, 0.15) is 19.9 Å². The number of carbonyl (C=O) groups is 1. The van der Waals surface area contributed by atoms with E-state index in [1.54, 1.807) is 12.3 Å². The predicted octanol–water partition coefficient (Wildman–Crippen LogP) is 2.20. The van der Waals surface area contributed by atoms with Gasteiger partial charge in [-0.15, -0.1) is 0 Å². The first-order valence-electron chi connectivity index (χ1n) is 11.0. The number of carbonyl (C=O) groups excluding carboxylic acids is 1. The van der Waals surface area contributed by atoms with Crippen molar-refractivity contribution >= 4 is 22.8 Å². The van der Waals surface area contributed by atoms with Gasteiger partial charge in [-0.3, -0.25) is 9.36 Å². The molecular formula is C22H25F2N7O2. The van der Waals surface area contributed by atoms with Crippen molar-refractivity contribution in [2.45, 2.75) is 26.0 Å². The van der Waals surface area contributed by atoms with Crippen LogP contribution >= 0.6 is 0 Å². The van der Waals surface area contributed by atoms with Crippen molar-refractivity contribution in [2.24, 2.45) is 5.92 Å². The van der Waals surface area contributed by atoms with Crippen molar-refractivity contribution in [3.8, 4) is 17.1 Å². The molecule has 2 aliphatic rings. The van der Waals surface area contributed by atoms with Crippen LogP contribution in [-0.4, -0.2) is 64.3 Å². The maximum atomic E-state index is 13.6. The van der Waals surface area contributed by atoms with Gasteiger partial charge < -0.3 is 20.3 Å². The third-order valence-electron chi connectivity index (χ3n) is 6.19. The molecule has 2 N–H and O–H groups in total. The Labute approximate surface area is 189 Å². The molecule has 11 heteroatoms. The zero-order chi connectivity index (χ0) is 22.9. The van der Waals surface area contributed by atoms with Crippen molar-refractivity contribution < 1.29 is 18.3 Å². The summed E-state index contributed by atoms with van der Waals surface area (Å²) in [6.45, 7) is 3.11. The molecule has 3 aromatic rings. The molecule has 0 radical (unpaired) electrons. The SMILES string of the molecule is C[C@@H](Oc1nc(-c2ccc(N3CCNCC3)nc2)cc2ncn(C(F)F)c12)[C@H]1CNC(=O)C1. The Bertz CT molecular complexity index is 1150. The Kier molecular flexibility index (Phi) is 5.79. The molecule has 0 saturated carbocycles. The van der Waals surface area contributed by atoms with Crippen LogP contribution in [-0.2, 0) is 4.79 Å². The molecule has 0 unspecified atom stereocenters. The number of hydrogen-bond donors (Lipinski definition) is 2. The molecule has 2 atom stereocenters. The number of nitrogens with zero attached hydrogens (tertiary/aromatic N) is 5. The number of amides is 1. The fourth-order valence-electron chi connectivity index (χ4n) is 4.25. The first-order valence-corrected chi connectivity index (χ1v) is 11.0. The summed E-state index contributed by atoms with van der Waals surface area (Å²) < 4.78 is 34.0.